The molecule has 0 spiro atoms. The van der Waals surface area contributed by atoms with Gasteiger partial charge in [0.15, 0.2) is 0 Å². The van der Waals surface area contributed by atoms with Gasteiger partial charge >= 0.3 is 5.97 Å². The van der Waals surface area contributed by atoms with E-state index in [1.54, 1.807) is 0 Å². The van der Waals surface area contributed by atoms with E-state index in [9.17, 15) is 4.79 Å². The molecule has 1 aromatic carbocycles. The maximum Gasteiger partial charge on any atom is 0.306 e. The number of hydrogen-bond acceptors (Lipinski definition) is 3. The highest BCUT2D eigenvalue weighted by atomic mass is 16.5. The topological polar surface area (TPSA) is 38.3 Å². The predicted octanol–water partition coefficient (Wildman–Crippen LogP) is 2.29. The summed E-state index contributed by atoms with van der Waals surface area (Å²) in [5.41, 5.74) is 1.05. The Hall–Kier alpha value is -1.35. The summed E-state index contributed by atoms with van der Waals surface area (Å²) >= 11 is 0. The number of carbonyl (C=O) groups is 1. The van der Waals surface area contributed by atoms with Crippen molar-refractivity contribution in [2.45, 2.75) is 25.9 Å². The average molecular weight is 233 g/mol. The third-order valence-corrected chi connectivity index (χ3v) is 3.19. The van der Waals surface area contributed by atoms with Gasteiger partial charge in [-0.3, -0.25) is 4.79 Å². The fourth-order valence-corrected chi connectivity index (χ4v) is 2.16. The maximum atomic E-state index is 11.7. The molecule has 0 saturated carbocycles. The lowest BCUT2D eigenvalue weighted by Crippen LogP contribution is -2.16. The minimum atomic E-state index is -0.155. The van der Waals surface area contributed by atoms with Crippen molar-refractivity contribution in [2.75, 3.05) is 13.1 Å². The largest absolute Gasteiger partial charge is 0.458 e. The van der Waals surface area contributed by atoms with Gasteiger partial charge in [-0.2, -0.15) is 0 Å². The number of hydrogen-bond donors (Lipinski definition) is 1. The Balaban J connectivity index is 1.81. The van der Waals surface area contributed by atoms with Gasteiger partial charge in [-0.15, -0.1) is 0 Å². The van der Waals surface area contributed by atoms with E-state index >= 15 is 0 Å². The van der Waals surface area contributed by atoms with Crippen LogP contribution in [-0.4, -0.2) is 19.1 Å². The summed E-state index contributed by atoms with van der Waals surface area (Å²) in [4.78, 5) is 11.7. The molecule has 0 amide bonds. The van der Waals surface area contributed by atoms with Crippen molar-refractivity contribution in [1.29, 1.82) is 0 Å². The van der Waals surface area contributed by atoms with Crippen LogP contribution in [0, 0.1) is 5.92 Å². The van der Waals surface area contributed by atoms with Crippen molar-refractivity contribution in [2.24, 2.45) is 5.92 Å². The van der Waals surface area contributed by atoms with E-state index in [1.165, 1.54) is 0 Å². The van der Waals surface area contributed by atoms with E-state index in [0.717, 1.165) is 25.1 Å². The Morgan fingerprint density at radius 1 is 1.47 bits per heavy atom. The van der Waals surface area contributed by atoms with E-state index in [-0.39, 0.29) is 12.1 Å². The first-order valence-electron chi connectivity index (χ1n) is 6.21. The quantitative estimate of drug-likeness (QED) is 0.811. The molecule has 1 heterocycles. The van der Waals surface area contributed by atoms with Gasteiger partial charge in [0.25, 0.3) is 0 Å². The first-order valence-corrected chi connectivity index (χ1v) is 6.21. The summed E-state index contributed by atoms with van der Waals surface area (Å²) in [6.07, 6.45) is 1.46. The summed E-state index contributed by atoms with van der Waals surface area (Å²) < 4.78 is 5.43. The Morgan fingerprint density at radius 3 is 2.88 bits per heavy atom. The van der Waals surface area contributed by atoms with Crippen LogP contribution in [0.1, 0.15) is 31.4 Å². The van der Waals surface area contributed by atoms with Gasteiger partial charge in [0, 0.05) is 6.42 Å². The zero-order valence-electron chi connectivity index (χ0n) is 10.2. The predicted molar refractivity (Wildman–Crippen MR) is 66.5 cm³/mol. The molecule has 1 unspecified atom stereocenters. The number of carbonyl (C=O) groups excluding carboxylic acids is 1. The lowest BCUT2D eigenvalue weighted by Gasteiger charge is -2.15. The third kappa shape index (κ3) is 3.56. The van der Waals surface area contributed by atoms with Crippen molar-refractivity contribution >= 4 is 5.97 Å². The van der Waals surface area contributed by atoms with Gasteiger partial charge < -0.3 is 10.1 Å². The molecule has 1 aliphatic rings. The molecule has 3 nitrogen and oxygen atoms in total. The van der Waals surface area contributed by atoms with Gasteiger partial charge in [0.05, 0.1) is 0 Å². The van der Waals surface area contributed by atoms with Crippen LogP contribution in [0.4, 0.5) is 0 Å². The molecule has 0 radical (unpaired) electrons. The van der Waals surface area contributed by atoms with Crippen LogP contribution in [0.2, 0.25) is 0 Å². The first kappa shape index (κ1) is 12.1. The van der Waals surface area contributed by atoms with E-state index in [4.69, 9.17) is 4.74 Å². The Labute approximate surface area is 102 Å². The average Bonchev–Trinajstić information content (AvgIpc) is 2.82. The molecular weight excluding hydrogens is 214 g/mol. The molecule has 1 N–H and O–H groups in total. The van der Waals surface area contributed by atoms with Crippen molar-refractivity contribution in [3.63, 3.8) is 0 Å². The molecule has 0 bridgehead atoms. The van der Waals surface area contributed by atoms with Crippen LogP contribution >= 0.6 is 0 Å². The van der Waals surface area contributed by atoms with Crippen molar-refractivity contribution in [3.05, 3.63) is 35.9 Å². The Kier molecular flexibility index (Phi) is 4.15. The Bertz CT molecular complexity index is 358. The fraction of sp³-hybridized carbons (Fsp3) is 0.500. The van der Waals surface area contributed by atoms with Crippen molar-refractivity contribution in [1.82, 2.24) is 5.32 Å². The number of esters is 1. The molecule has 17 heavy (non-hydrogen) atoms. The lowest BCUT2D eigenvalue weighted by atomic mass is 10.1. The minimum Gasteiger partial charge on any atom is -0.458 e. The minimum absolute atomic E-state index is 0.0879. The monoisotopic (exact) mass is 233 g/mol. The normalized spacial score (nSPS) is 21.1. The molecular formula is C14H19NO2. The first-order chi connectivity index (χ1) is 8.25. The highest BCUT2D eigenvalue weighted by Gasteiger charge is 2.20. The highest BCUT2D eigenvalue weighted by molar-refractivity contribution is 5.70. The van der Waals surface area contributed by atoms with Gasteiger partial charge in [0.1, 0.15) is 6.10 Å². The molecule has 0 aromatic heterocycles. The lowest BCUT2D eigenvalue weighted by molar-refractivity contribution is -0.149. The van der Waals surface area contributed by atoms with E-state index < -0.39 is 0 Å². The standard InChI is InChI=1S/C14H19NO2/c1-11(13-5-3-2-4-6-13)17-14(16)9-12-7-8-15-10-12/h2-6,11-12,15H,7-10H2,1H3/t11-,12?/m0/s1. The second-order valence-corrected chi connectivity index (χ2v) is 4.61. The van der Waals surface area contributed by atoms with E-state index in [1.807, 2.05) is 37.3 Å². The molecule has 2 rings (SSSR count). The smallest absolute Gasteiger partial charge is 0.306 e. The summed E-state index contributed by atoms with van der Waals surface area (Å²) in [5, 5.41) is 3.25. The summed E-state index contributed by atoms with van der Waals surface area (Å²) in [6.45, 7) is 3.88. The number of ether oxygens (including phenoxy) is 1. The van der Waals surface area contributed by atoms with Crippen molar-refractivity contribution < 1.29 is 9.53 Å². The van der Waals surface area contributed by atoms with E-state index in [2.05, 4.69) is 5.32 Å². The summed E-state index contributed by atoms with van der Waals surface area (Å²) in [7, 11) is 0. The molecule has 1 saturated heterocycles. The van der Waals surface area contributed by atoms with Crippen LogP contribution in [0.5, 0.6) is 0 Å². The number of benzene rings is 1. The van der Waals surface area contributed by atoms with Crippen molar-refractivity contribution in [3.8, 4) is 0 Å². The number of rotatable bonds is 4. The zero-order valence-corrected chi connectivity index (χ0v) is 10.2. The van der Waals surface area contributed by atoms with Crippen LogP contribution < -0.4 is 5.32 Å². The van der Waals surface area contributed by atoms with Crippen LogP contribution in [0.3, 0.4) is 0 Å². The van der Waals surface area contributed by atoms with Crippen LogP contribution in [0.15, 0.2) is 30.3 Å². The molecule has 0 aliphatic carbocycles. The number of nitrogens with one attached hydrogen (secondary N) is 1. The molecule has 3 heteroatoms. The molecule has 2 atom stereocenters. The Morgan fingerprint density at radius 2 is 2.24 bits per heavy atom. The molecule has 1 aliphatic heterocycles. The molecule has 92 valence electrons. The van der Waals surface area contributed by atoms with Gasteiger partial charge in [-0.25, -0.2) is 0 Å². The van der Waals surface area contributed by atoms with Gasteiger partial charge in [0.2, 0.25) is 0 Å². The summed E-state index contributed by atoms with van der Waals surface area (Å²) in [5.74, 6) is 0.362. The van der Waals surface area contributed by atoms with Gasteiger partial charge in [-0.05, 0) is 37.9 Å². The second kappa shape index (κ2) is 5.82. The van der Waals surface area contributed by atoms with Crippen LogP contribution in [-0.2, 0) is 9.53 Å². The zero-order chi connectivity index (χ0) is 12.1. The summed E-state index contributed by atoms with van der Waals surface area (Å²) in [6, 6.07) is 9.84. The molecule has 1 aromatic rings. The third-order valence-electron chi connectivity index (χ3n) is 3.19. The fourth-order valence-electron chi connectivity index (χ4n) is 2.16. The second-order valence-electron chi connectivity index (χ2n) is 4.61. The van der Waals surface area contributed by atoms with Crippen LogP contribution in [0.25, 0.3) is 0 Å². The maximum absolute atomic E-state index is 11.7. The SMILES string of the molecule is C[C@H](OC(=O)CC1CCNC1)c1ccccc1. The highest BCUT2D eigenvalue weighted by Crippen LogP contribution is 2.19. The van der Waals surface area contributed by atoms with Gasteiger partial charge in [-0.1, -0.05) is 30.3 Å². The van der Waals surface area contributed by atoms with E-state index in [0.29, 0.717) is 12.3 Å². The molecule has 1 fully saturated rings.